The van der Waals surface area contributed by atoms with Gasteiger partial charge in [-0.05, 0) is 78.9 Å². The molecular formula is C35H42N4O7. The topological polar surface area (TPSA) is 119 Å². The maximum atomic E-state index is 13.7. The van der Waals surface area contributed by atoms with Gasteiger partial charge in [-0.1, -0.05) is 6.07 Å². The highest BCUT2D eigenvalue weighted by Crippen LogP contribution is 2.50. The average Bonchev–Trinajstić information content (AvgIpc) is 3.31. The second kappa shape index (κ2) is 14.0. The Morgan fingerprint density at radius 2 is 1.57 bits per heavy atom. The Morgan fingerprint density at radius 3 is 2.17 bits per heavy atom. The summed E-state index contributed by atoms with van der Waals surface area (Å²) in [6, 6.07) is 13.8. The van der Waals surface area contributed by atoms with E-state index >= 15 is 0 Å². The summed E-state index contributed by atoms with van der Waals surface area (Å²) < 4.78 is 22.4. The fraction of sp³-hybridized carbons (Fsp3) is 0.400. The molecule has 244 valence electrons. The molecule has 1 aliphatic heterocycles. The van der Waals surface area contributed by atoms with Crippen LogP contribution < -0.4 is 39.9 Å². The molecule has 1 aliphatic carbocycles. The minimum absolute atomic E-state index is 0.0816. The van der Waals surface area contributed by atoms with Crippen LogP contribution in [0.25, 0.3) is 11.1 Å². The molecule has 11 heteroatoms. The number of anilines is 2. The summed E-state index contributed by atoms with van der Waals surface area (Å²) in [5.41, 5.74) is 4.17. The third kappa shape index (κ3) is 6.54. The van der Waals surface area contributed by atoms with Gasteiger partial charge in [0.1, 0.15) is 11.8 Å². The Labute approximate surface area is 269 Å². The van der Waals surface area contributed by atoms with E-state index in [0.717, 1.165) is 28.1 Å². The van der Waals surface area contributed by atoms with Crippen LogP contribution in [0, 0.1) is 0 Å². The average molecular weight is 631 g/mol. The van der Waals surface area contributed by atoms with Gasteiger partial charge in [-0.2, -0.15) is 0 Å². The Bertz CT molecular complexity index is 1650. The van der Waals surface area contributed by atoms with Crippen LogP contribution in [0.1, 0.15) is 37.4 Å². The van der Waals surface area contributed by atoms with Crippen molar-refractivity contribution in [3.05, 3.63) is 69.9 Å². The molecule has 0 saturated carbocycles. The zero-order chi connectivity index (χ0) is 33.0. The summed E-state index contributed by atoms with van der Waals surface area (Å²) in [6.07, 6.45) is 1.16. The predicted molar refractivity (Wildman–Crippen MR) is 178 cm³/mol. The molecule has 0 aromatic heterocycles. The van der Waals surface area contributed by atoms with Gasteiger partial charge >= 0.3 is 0 Å². The van der Waals surface area contributed by atoms with E-state index in [-0.39, 0.29) is 22.9 Å². The molecule has 2 atom stereocenters. The summed E-state index contributed by atoms with van der Waals surface area (Å²) >= 11 is 0. The third-order valence-electron chi connectivity index (χ3n) is 8.69. The summed E-state index contributed by atoms with van der Waals surface area (Å²) in [4.78, 5) is 43.5. The number of benzene rings is 2. The van der Waals surface area contributed by atoms with Gasteiger partial charge < -0.3 is 39.4 Å². The zero-order valence-electron chi connectivity index (χ0n) is 27.3. The molecule has 11 nitrogen and oxygen atoms in total. The zero-order valence-corrected chi connectivity index (χ0v) is 27.3. The molecule has 0 spiro atoms. The highest BCUT2D eigenvalue weighted by Gasteiger charge is 2.30. The molecule has 2 unspecified atom stereocenters. The number of nitrogens with one attached hydrogen (secondary N) is 2. The SMILES string of the molecule is COc1ccc(N2CCN(C(=O)C(C)Nc3ccc4c(cc3=O)C(NC(C)=O)CCc3cc(OC)c(OC)c(OC)c3-4)CC2)cc1. The highest BCUT2D eigenvalue weighted by molar-refractivity contribution is 5.86. The van der Waals surface area contributed by atoms with Crippen molar-refractivity contribution in [2.75, 3.05) is 64.8 Å². The Balaban J connectivity index is 1.43. The van der Waals surface area contributed by atoms with Crippen LogP contribution in [0.15, 0.2) is 53.3 Å². The van der Waals surface area contributed by atoms with E-state index in [1.54, 1.807) is 47.5 Å². The lowest BCUT2D eigenvalue weighted by atomic mass is 9.95. The number of carbonyl (C=O) groups excluding carboxylic acids is 2. The summed E-state index contributed by atoms with van der Waals surface area (Å²) in [7, 11) is 6.32. The normalized spacial score (nSPS) is 16.3. The number of amides is 2. The second-order valence-electron chi connectivity index (χ2n) is 11.5. The number of aryl methyl sites for hydroxylation is 1. The van der Waals surface area contributed by atoms with Crippen LogP contribution in [0.5, 0.6) is 23.0 Å². The Morgan fingerprint density at radius 1 is 0.870 bits per heavy atom. The first kappa shape index (κ1) is 32.5. The minimum Gasteiger partial charge on any atom is -0.497 e. The van der Waals surface area contributed by atoms with Crippen molar-refractivity contribution in [2.45, 2.75) is 38.8 Å². The van der Waals surface area contributed by atoms with E-state index in [4.69, 9.17) is 18.9 Å². The monoisotopic (exact) mass is 630 g/mol. The first-order valence-electron chi connectivity index (χ1n) is 15.4. The van der Waals surface area contributed by atoms with Gasteiger partial charge in [-0.25, -0.2) is 0 Å². The Kier molecular flexibility index (Phi) is 9.89. The fourth-order valence-corrected chi connectivity index (χ4v) is 6.37. The molecule has 0 radical (unpaired) electrons. The van der Waals surface area contributed by atoms with Crippen molar-refractivity contribution in [1.82, 2.24) is 10.2 Å². The van der Waals surface area contributed by atoms with Gasteiger partial charge in [0, 0.05) is 44.4 Å². The first-order valence-corrected chi connectivity index (χ1v) is 15.4. The lowest BCUT2D eigenvalue weighted by Crippen LogP contribution is -2.52. The van der Waals surface area contributed by atoms with Crippen LogP contribution in [0.2, 0.25) is 0 Å². The van der Waals surface area contributed by atoms with E-state index in [9.17, 15) is 14.4 Å². The number of methoxy groups -OCH3 is 4. The largest absolute Gasteiger partial charge is 0.497 e. The number of hydrogen-bond donors (Lipinski definition) is 2. The van der Waals surface area contributed by atoms with Gasteiger partial charge in [-0.3, -0.25) is 14.4 Å². The highest BCUT2D eigenvalue weighted by atomic mass is 16.5. The summed E-state index contributed by atoms with van der Waals surface area (Å²) in [6.45, 7) is 5.76. The van der Waals surface area contributed by atoms with E-state index < -0.39 is 12.1 Å². The molecule has 3 aromatic carbocycles. The summed E-state index contributed by atoms with van der Waals surface area (Å²) in [5.74, 6) is 1.96. The number of piperazine rings is 1. The quantitative estimate of drug-likeness (QED) is 0.362. The van der Waals surface area contributed by atoms with Crippen LogP contribution in [0.4, 0.5) is 11.4 Å². The number of hydrogen-bond acceptors (Lipinski definition) is 9. The molecule has 1 heterocycles. The maximum absolute atomic E-state index is 13.7. The maximum Gasteiger partial charge on any atom is 0.244 e. The minimum atomic E-state index is -0.639. The first-order chi connectivity index (χ1) is 22.2. The summed E-state index contributed by atoms with van der Waals surface area (Å²) in [5, 5.41) is 6.19. The molecule has 0 bridgehead atoms. The third-order valence-corrected chi connectivity index (χ3v) is 8.69. The number of ether oxygens (including phenoxy) is 4. The molecule has 2 amide bonds. The Hall–Kier alpha value is -4.93. The van der Waals surface area contributed by atoms with Gasteiger partial charge in [-0.15, -0.1) is 0 Å². The van der Waals surface area contributed by atoms with Crippen molar-refractivity contribution in [1.29, 1.82) is 0 Å². The number of nitrogens with zero attached hydrogens (tertiary/aromatic N) is 2. The lowest BCUT2D eigenvalue weighted by molar-refractivity contribution is -0.132. The van der Waals surface area contributed by atoms with Crippen molar-refractivity contribution in [3.63, 3.8) is 0 Å². The van der Waals surface area contributed by atoms with Crippen molar-refractivity contribution in [2.24, 2.45) is 0 Å². The van der Waals surface area contributed by atoms with Gasteiger partial charge in [0.2, 0.25) is 23.0 Å². The van der Waals surface area contributed by atoms with Crippen LogP contribution in [-0.2, 0) is 16.0 Å². The van der Waals surface area contributed by atoms with Gasteiger partial charge in [0.25, 0.3) is 0 Å². The standard InChI is InChI=1S/C35H42N4O7/c1-21(35(42)39-17-15-38(16-18-39)24-8-10-25(43-3)11-9-24)36-29-14-12-26-27(20-30(29)41)28(37-22(2)40)13-7-23-19-31(44-4)33(45-5)34(46-6)32(23)26/h8-12,14,19-21,28H,7,13,15-18H2,1-6H3,(H,36,41)(H,37,40). The number of fused-ring (bicyclic) bond motifs is 3. The van der Waals surface area contributed by atoms with Gasteiger partial charge in [0.15, 0.2) is 11.5 Å². The van der Waals surface area contributed by atoms with Crippen molar-refractivity contribution in [3.8, 4) is 34.1 Å². The molecule has 1 saturated heterocycles. The lowest BCUT2D eigenvalue weighted by Gasteiger charge is -2.37. The van der Waals surface area contributed by atoms with E-state index in [0.29, 0.717) is 61.8 Å². The van der Waals surface area contributed by atoms with E-state index in [2.05, 4.69) is 15.5 Å². The number of rotatable bonds is 9. The van der Waals surface area contributed by atoms with E-state index in [1.807, 2.05) is 41.3 Å². The number of carbonyl (C=O) groups is 2. The smallest absolute Gasteiger partial charge is 0.244 e. The molecule has 3 aromatic rings. The second-order valence-corrected chi connectivity index (χ2v) is 11.5. The van der Waals surface area contributed by atoms with Gasteiger partial charge in [0.05, 0.1) is 40.2 Å². The molecule has 2 aliphatic rings. The van der Waals surface area contributed by atoms with Crippen LogP contribution in [-0.4, -0.2) is 77.4 Å². The molecule has 46 heavy (non-hydrogen) atoms. The van der Waals surface area contributed by atoms with Crippen molar-refractivity contribution >= 4 is 23.2 Å². The van der Waals surface area contributed by atoms with Crippen LogP contribution in [0.3, 0.4) is 0 Å². The van der Waals surface area contributed by atoms with E-state index in [1.165, 1.54) is 6.92 Å². The van der Waals surface area contributed by atoms with Crippen molar-refractivity contribution < 1.29 is 28.5 Å². The molecular weight excluding hydrogens is 588 g/mol. The molecule has 2 N–H and O–H groups in total. The molecule has 5 rings (SSSR count). The molecule has 1 fully saturated rings. The fourth-order valence-electron chi connectivity index (χ4n) is 6.37. The predicted octanol–water partition coefficient (Wildman–Crippen LogP) is 4.02. The van der Waals surface area contributed by atoms with Crippen LogP contribution >= 0.6 is 0 Å².